The third kappa shape index (κ3) is 3.31. The molecule has 0 spiro atoms. The second-order valence-corrected chi connectivity index (χ2v) is 4.75. The Labute approximate surface area is 109 Å². The molecule has 9 heteroatoms. The average molecular weight is 293 g/mol. The van der Waals surface area contributed by atoms with E-state index < -0.39 is 18.8 Å². The van der Waals surface area contributed by atoms with Crippen molar-refractivity contribution in [1.82, 2.24) is 15.3 Å². The summed E-state index contributed by atoms with van der Waals surface area (Å²) in [6.45, 7) is -0.719. The Hall–Kier alpha value is -1.45. The van der Waals surface area contributed by atoms with Gasteiger partial charge in [0.2, 0.25) is 0 Å². The first-order valence-electron chi connectivity index (χ1n) is 5.30. The number of aromatic nitrogens is 2. The highest BCUT2D eigenvalue weighted by atomic mass is 32.1. The first-order valence-corrected chi connectivity index (χ1v) is 6.18. The van der Waals surface area contributed by atoms with Crippen LogP contribution in [0.3, 0.4) is 0 Å². The molecule has 19 heavy (non-hydrogen) atoms. The fourth-order valence-electron chi connectivity index (χ4n) is 1.45. The van der Waals surface area contributed by atoms with E-state index in [4.69, 9.17) is 5.11 Å². The number of aliphatic hydroxyl groups excluding tert-OH is 1. The Kier molecular flexibility index (Phi) is 3.88. The lowest BCUT2D eigenvalue weighted by molar-refractivity contribution is -0.201. The number of aliphatic hydroxyl groups is 1. The maximum absolute atomic E-state index is 12.0. The van der Waals surface area contributed by atoms with Crippen molar-refractivity contribution in [2.45, 2.75) is 18.8 Å². The standard InChI is InChI=1S/C10H10F3N3O2S/c11-10(12,13)6(17)3-14-4-7-15-5-1-2-19-8(5)9(18)16-7/h1-2,6,14,17H,3-4H2,(H,15,16,18). The van der Waals surface area contributed by atoms with Crippen molar-refractivity contribution < 1.29 is 18.3 Å². The molecule has 0 aliphatic carbocycles. The molecule has 0 radical (unpaired) electrons. The zero-order valence-corrected chi connectivity index (χ0v) is 10.3. The molecule has 1 atom stereocenters. The number of nitrogens with one attached hydrogen (secondary N) is 2. The molecule has 0 amide bonds. The van der Waals surface area contributed by atoms with Gasteiger partial charge in [-0.15, -0.1) is 11.3 Å². The third-order valence-electron chi connectivity index (χ3n) is 2.37. The summed E-state index contributed by atoms with van der Waals surface area (Å²) >= 11 is 1.24. The van der Waals surface area contributed by atoms with E-state index in [1.165, 1.54) is 11.3 Å². The molecule has 1 unspecified atom stereocenters. The van der Waals surface area contributed by atoms with Gasteiger partial charge in [-0.05, 0) is 11.4 Å². The van der Waals surface area contributed by atoms with E-state index in [0.717, 1.165) is 0 Å². The highest BCUT2D eigenvalue weighted by Gasteiger charge is 2.37. The lowest BCUT2D eigenvalue weighted by Crippen LogP contribution is -2.38. The van der Waals surface area contributed by atoms with E-state index in [9.17, 15) is 18.0 Å². The van der Waals surface area contributed by atoms with E-state index in [0.29, 0.717) is 10.2 Å². The summed E-state index contributed by atoms with van der Waals surface area (Å²) in [6, 6.07) is 1.66. The van der Waals surface area contributed by atoms with Crippen molar-refractivity contribution in [1.29, 1.82) is 0 Å². The Morgan fingerprint density at radius 2 is 2.26 bits per heavy atom. The second kappa shape index (κ2) is 5.27. The maximum Gasteiger partial charge on any atom is 0.415 e. The highest BCUT2D eigenvalue weighted by molar-refractivity contribution is 7.17. The maximum atomic E-state index is 12.0. The molecule has 2 heterocycles. The first-order chi connectivity index (χ1) is 8.88. The molecule has 2 aromatic rings. The van der Waals surface area contributed by atoms with Gasteiger partial charge >= 0.3 is 6.18 Å². The Balaban J connectivity index is 2.00. The van der Waals surface area contributed by atoms with Crippen molar-refractivity contribution in [2.75, 3.05) is 6.54 Å². The van der Waals surface area contributed by atoms with E-state index in [-0.39, 0.29) is 17.9 Å². The Bertz CT molecular complexity index is 622. The normalized spacial score (nSPS) is 13.9. The minimum Gasteiger partial charge on any atom is -0.382 e. The van der Waals surface area contributed by atoms with Gasteiger partial charge in [-0.25, -0.2) is 4.98 Å². The number of hydrogen-bond acceptors (Lipinski definition) is 5. The van der Waals surface area contributed by atoms with Gasteiger partial charge in [0.1, 0.15) is 10.5 Å². The molecule has 0 bridgehead atoms. The summed E-state index contributed by atoms with van der Waals surface area (Å²) in [4.78, 5) is 18.1. The van der Waals surface area contributed by atoms with E-state index in [2.05, 4.69) is 15.3 Å². The van der Waals surface area contributed by atoms with Crippen LogP contribution in [0.2, 0.25) is 0 Å². The predicted octanol–water partition coefficient (Wildman–Crippen LogP) is 0.997. The van der Waals surface area contributed by atoms with Crippen LogP contribution in [0.5, 0.6) is 0 Å². The van der Waals surface area contributed by atoms with Crippen LogP contribution >= 0.6 is 11.3 Å². The zero-order chi connectivity index (χ0) is 14.0. The number of H-pyrrole nitrogens is 1. The van der Waals surface area contributed by atoms with Crippen molar-refractivity contribution >= 4 is 21.6 Å². The topological polar surface area (TPSA) is 78.0 Å². The monoisotopic (exact) mass is 293 g/mol. The first kappa shape index (κ1) is 14.0. The summed E-state index contributed by atoms with van der Waals surface area (Å²) in [5.74, 6) is 0.227. The van der Waals surface area contributed by atoms with E-state index >= 15 is 0 Å². The van der Waals surface area contributed by atoms with Crippen LogP contribution in [-0.2, 0) is 6.54 Å². The van der Waals surface area contributed by atoms with Crippen molar-refractivity contribution in [3.8, 4) is 0 Å². The molecule has 2 aromatic heterocycles. The van der Waals surface area contributed by atoms with Gasteiger partial charge in [-0.2, -0.15) is 13.2 Å². The molecule has 0 aliphatic rings. The quantitative estimate of drug-likeness (QED) is 0.786. The van der Waals surface area contributed by atoms with Crippen LogP contribution in [0.25, 0.3) is 10.2 Å². The fourth-order valence-corrected chi connectivity index (χ4v) is 2.17. The lowest BCUT2D eigenvalue weighted by Gasteiger charge is -2.14. The van der Waals surface area contributed by atoms with Crippen molar-refractivity contribution in [3.63, 3.8) is 0 Å². The number of aromatic amines is 1. The van der Waals surface area contributed by atoms with E-state index in [1.54, 1.807) is 11.4 Å². The summed E-state index contributed by atoms with van der Waals surface area (Å²) in [7, 11) is 0. The summed E-state index contributed by atoms with van der Waals surface area (Å²) < 4.78 is 36.6. The van der Waals surface area contributed by atoms with Crippen LogP contribution in [0, 0.1) is 0 Å². The number of fused-ring (bicyclic) bond motifs is 1. The summed E-state index contributed by atoms with van der Waals surface area (Å²) in [5, 5.41) is 12.9. The van der Waals surface area contributed by atoms with Gasteiger partial charge in [0.15, 0.2) is 6.10 Å². The minimum atomic E-state index is -4.66. The van der Waals surface area contributed by atoms with Gasteiger partial charge in [0.25, 0.3) is 5.56 Å². The van der Waals surface area contributed by atoms with Crippen LogP contribution in [-0.4, -0.2) is 33.9 Å². The molecular formula is C10H10F3N3O2S. The second-order valence-electron chi connectivity index (χ2n) is 3.84. The molecule has 0 fully saturated rings. The van der Waals surface area contributed by atoms with Crippen molar-refractivity contribution in [2.24, 2.45) is 0 Å². The smallest absolute Gasteiger partial charge is 0.382 e. The summed E-state index contributed by atoms with van der Waals surface area (Å²) in [5.41, 5.74) is 0.176. The predicted molar refractivity (Wildman–Crippen MR) is 64.0 cm³/mol. The molecule has 0 aromatic carbocycles. The van der Waals surface area contributed by atoms with Gasteiger partial charge in [0, 0.05) is 6.54 Å². The van der Waals surface area contributed by atoms with Gasteiger partial charge in [0.05, 0.1) is 12.1 Å². The molecule has 3 N–H and O–H groups in total. The largest absolute Gasteiger partial charge is 0.415 e. The summed E-state index contributed by atoms with van der Waals surface area (Å²) in [6.07, 6.45) is -7.10. The molecule has 0 saturated heterocycles. The molecule has 0 saturated carbocycles. The number of halogens is 3. The van der Waals surface area contributed by atoms with Gasteiger partial charge in [-0.1, -0.05) is 0 Å². The zero-order valence-electron chi connectivity index (χ0n) is 9.49. The van der Waals surface area contributed by atoms with Gasteiger partial charge < -0.3 is 15.4 Å². The average Bonchev–Trinajstić information content (AvgIpc) is 2.76. The number of rotatable bonds is 4. The number of hydrogen-bond donors (Lipinski definition) is 3. The van der Waals surface area contributed by atoms with Crippen molar-refractivity contribution in [3.05, 3.63) is 27.6 Å². The number of nitrogens with zero attached hydrogens (tertiary/aromatic N) is 1. The number of alkyl halides is 3. The molecule has 2 rings (SSSR count). The molecule has 0 aliphatic heterocycles. The van der Waals surface area contributed by atoms with Crippen LogP contribution in [0.1, 0.15) is 5.82 Å². The SMILES string of the molecule is O=c1[nH]c(CNCC(O)C(F)(F)F)nc2ccsc12. The van der Waals surface area contributed by atoms with Crippen LogP contribution < -0.4 is 10.9 Å². The fraction of sp³-hybridized carbons (Fsp3) is 0.400. The number of thiophene rings is 1. The highest BCUT2D eigenvalue weighted by Crippen LogP contribution is 2.19. The molecular weight excluding hydrogens is 283 g/mol. The van der Waals surface area contributed by atoms with Gasteiger partial charge in [-0.3, -0.25) is 4.79 Å². The lowest BCUT2D eigenvalue weighted by atomic mass is 10.3. The molecule has 5 nitrogen and oxygen atoms in total. The minimum absolute atomic E-state index is 0.0613. The van der Waals surface area contributed by atoms with Crippen LogP contribution in [0.4, 0.5) is 13.2 Å². The third-order valence-corrected chi connectivity index (χ3v) is 3.27. The van der Waals surface area contributed by atoms with E-state index in [1.807, 2.05) is 0 Å². The Morgan fingerprint density at radius 3 is 2.95 bits per heavy atom. The Morgan fingerprint density at radius 1 is 1.53 bits per heavy atom. The van der Waals surface area contributed by atoms with Crippen LogP contribution in [0.15, 0.2) is 16.2 Å². The molecule has 104 valence electrons.